The monoisotopic (exact) mass is 241 g/mol. The molecular weight excluding hydrogens is 230 g/mol. The van der Waals surface area contributed by atoms with E-state index in [2.05, 4.69) is 15.5 Å². The minimum Gasteiger partial charge on any atom is -0.381 e. The van der Waals surface area contributed by atoms with Gasteiger partial charge >= 0.3 is 0 Å². The highest BCUT2D eigenvalue weighted by molar-refractivity contribution is 6.29. The van der Waals surface area contributed by atoms with E-state index >= 15 is 0 Å². The van der Waals surface area contributed by atoms with Gasteiger partial charge in [-0.2, -0.15) is 0 Å². The third-order valence-electron chi connectivity index (χ3n) is 2.48. The van der Waals surface area contributed by atoms with Crippen LogP contribution in [0.2, 0.25) is 5.15 Å². The summed E-state index contributed by atoms with van der Waals surface area (Å²) in [6.07, 6.45) is 1.51. The predicted octanol–water partition coefficient (Wildman–Crippen LogP) is 1.50. The SMILES string of the molecule is O=C(Nc1ccc(Cl)nn1)C1CCOCC1. The van der Waals surface area contributed by atoms with Crippen LogP contribution < -0.4 is 5.32 Å². The number of ether oxygens (including phenoxy) is 1. The van der Waals surface area contributed by atoms with Gasteiger partial charge in [-0.15, -0.1) is 10.2 Å². The molecule has 0 bridgehead atoms. The van der Waals surface area contributed by atoms with E-state index < -0.39 is 0 Å². The predicted molar refractivity (Wildman–Crippen MR) is 59.2 cm³/mol. The average Bonchev–Trinajstić information content (AvgIpc) is 2.33. The highest BCUT2D eigenvalue weighted by Crippen LogP contribution is 2.16. The Kier molecular flexibility index (Phi) is 3.69. The largest absolute Gasteiger partial charge is 0.381 e. The lowest BCUT2D eigenvalue weighted by Crippen LogP contribution is -2.28. The van der Waals surface area contributed by atoms with Crippen molar-refractivity contribution in [3.8, 4) is 0 Å². The molecule has 86 valence electrons. The number of aromatic nitrogens is 2. The van der Waals surface area contributed by atoms with E-state index in [0.29, 0.717) is 24.2 Å². The summed E-state index contributed by atoms with van der Waals surface area (Å²) in [7, 11) is 0. The minimum absolute atomic E-state index is 0.00577. The Hall–Kier alpha value is -1.20. The molecule has 5 nitrogen and oxygen atoms in total. The zero-order valence-corrected chi connectivity index (χ0v) is 9.41. The van der Waals surface area contributed by atoms with Gasteiger partial charge in [0.2, 0.25) is 5.91 Å². The molecule has 0 aromatic carbocycles. The highest BCUT2D eigenvalue weighted by Gasteiger charge is 2.21. The summed E-state index contributed by atoms with van der Waals surface area (Å²) in [5, 5.41) is 10.4. The molecule has 1 aliphatic heterocycles. The molecule has 0 aliphatic carbocycles. The van der Waals surface area contributed by atoms with E-state index in [4.69, 9.17) is 16.3 Å². The van der Waals surface area contributed by atoms with Crippen molar-refractivity contribution in [3.63, 3.8) is 0 Å². The summed E-state index contributed by atoms with van der Waals surface area (Å²) in [6.45, 7) is 1.29. The van der Waals surface area contributed by atoms with Crippen molar-refractivity contribution in [2.24, 2.45) is 5.92 Å². The van der Waals surface area contributed by atoms with Gasteiger partial charge in [0.05, 0.1) is 0 Å². The second-order valence-electron chi connectivity index (χ2n) is 3.62. The Labute approximate surface area is 98.2 Å². The summed E-state index contributed by atoms with van der Waals surface area (Å²) < 4.78 is 5.19. The number of hydrogen-bond donors (Lipinski definition) is 1. The lowest BCUT2D eigenvalue weighted by molar-refractivity contribution is -0.122. The second-order valence-corrected chi connectivity index (χ2v) is 4.00. The van der Waals surface area contributed by atoms with E-state index in [-0.39, 0.29) is 11.8 Å². The summed E-state index contributed by atoms with van der Waals surface area (Å²) in [6, 6.07) is 3.22. The Morgan fingerprint density at radius 3 is 2.75 bits per heavy atom. The first-order chi connectivity index (χ1) is 7.75. The number of carbonyl (C=O) groups excluding carboxylic acids is 1. The van der Waals surface area contributed by atoms with E-state index in [9.17, 15) is 4.79 Å². The van der Waals surface area contributed by atoms with Crippen LogP contribution in [0.3, 0.4) is 0 Å². The summed E-state index contributed by atoms with van der Waals surface area (Å²) in [4.78, 5) is 11.8. The zero-order valence-electron chi connectivity index (χ0n) is 8.65. The normalized spacial score (nSPS) is 17.1. The third kappa shape index (κ3) is 2.90. The molecule has 2 rings (SSSR count). The van der Waals surface area contributed by atoms with Crippen LogP contribution in [0.25, 0.3) is 0 Å². The summed E-state index contributed by atoms with van der Waals surface area (Å²) in [5.41, 5.74) is 0. The number of hydrogen-bond acceptors (Lipinski definition) is 4. The number of carbonyl (C=O) groups is 1. The Bertz CT molecular complexity index is 363. The molecule has 16 heavy (non-hydrogen) atoms. The van der Waals surface area contributed by atoms with Crippen LogP contribution in [0.15, 0.2) is 12.1 Å². The first kappa shape index (κ1) is 11.3. The van der Waals surface area contributed by atoms with Crippen LogP contribution >= 0.6 is 11.6 Å². The van der Waals surface area contributed by atoms with Gasteiger partial charge in [0.15, 0.2) is 11.0 Å². The van der Waals surface area contributed by atoms with Crippen LogP contribution in [0.1, 0.15) is 12.8 Å². The van der Waals surface area contributed by atoms with Crippen LogP contribution in [-0.4, -0.2) is 29.3 Å². The maximum atomic E-state index is 11.8. The van der Waals surface area contributed by atoms with E-state index in [0.717, 1.165) is 12.8 Å². The first-order valence-corrected chi connectivity index (χ1v) is 5.51. The number of amides is 1. The fourth-order valence-corrected chi connectivity index (χ4v) is 1.67. The number of rotatable bonds is 2. The quantitative estimate of drug-likeness (QED) is 0.852. The van der Waals surface area contributed by atoms with E-state index in [1.807, 2.05) is 0 Å². The van der Waals surface area contributed by atoms with Crippen molar-refractivity contribution >= 4 is 23.3 Å². The van der Waals surface area contributed by atoms with Gasteiger partial charge in [-0.3, -0.25) is 4.79 Å². The molecule has 1 fully saturated rings. The van der Waals surface area contributed by atoms with Crippen molar-refractivity contribution in [1.82, 2.24) is 10.2 Å². The number of nitrogens with one attached hydrogen (secondary N) is 1. The molecule has 1 aliphatic rings. The summed E-state index contributed by atoms with van der Waals surface area (Å²) >= 11 is 5.59. The van der Waals surface area contributed by atoms with Crippen molar-refractivity contribution in [1.29, 1.82) is 0 Å². The van der Waals surface area contributed by atoms with Crippen molar-refractivity contribution < 1.29 is 9.53 Å². The molecule has 6 heteroatoms. The molecule has 0 unspecified atom stereocenters. The molecule has 0 radical (unpaired) electrons. The molecule has 1 amide bonds. The maximum Gasteiger partial charge on any atom is 0.228 e. The average molecular weight is 242 g/mol. The van der Waals surface area contributed by atoms with Crippen LogP contribution in [-0.2, 0) is 9.53 Å². The van der Waals surface area contributed by atoms with Crippen LogP contribution in [0.5, 0.6) is 0 Å². The van der Waals surface area contributed by atoms with Crippen molar-refractivity contribution in [3.05, 3.63) is 17.3 Å². The lowest BCUT2D eigenvalue weighted by Gasteiger charge is -2.20. The molecule has 1 aromatic rings. The fourth-order valence-electron chi connectivity index (χ4n) is 1.57. The fraction of sp³-hybridized carbons (Fsp3) is 0.500. The highest BCUT2D eigenvalue weighted by atomic mass is 35.5. The lowest BCUT2D eigenvalue weighted by atomic mass is 9.99. The molecule has 2 heterocycles. The molecule has 1 saturated heterocycles. The summed E-state index contributed by atoms with van der Waals surface area (Å²) in [5.74, 6) is 0.409. The van der Waals surface area contributed by atoms with E-state index in [1.165, 1.54) is 0 Å². The third-order valence-corrected chi connectivity index (χ3v) is 2.68. The van der Waals surface area contributed by atoms with Crippen LogP contribution in [0, 0.1) is 5.92 Å². The second kappa shape index (κ2) is 5.23. The van der Waals surface area contributed by atoms with Gasteiger partial charge in [-0.25, -0.2) is 0 Å². The van der Waals surface area contributed by atoms with Crippen molar-refractivity contribution in [2.45, 2.75) is 12.8 Å². The Morgan fingerprint density at radius 2 is 2.12 bits per heavy atom. The molecule has 1 N–H and O–H groups in total. The number of nitrogens with zero attached hydrogens (tertiary/aromatic N) is 2. The Morgan fingerprint density at radius 1 is 1.38 bits per heavy atom. The first-order valence-electron chi connectivity index (χ1n) is 5.13. The van der Waals surface area contributed by atoms with Gasteiger partial charge in [0.25, 0.3) is 0 Å². The zero-order chi connectivity index (χ0) is 11.4. The minimum atomic E-state index is -0.0278. The van der Waals surface area contributed by atoms with Crippen LogP contribution in [0.4, 0.5) is 5.82 Å². The Balaban J connectivity index is 1.93. The van der Waals surface area contributed by atoms with Gasteiger partial charge < -0.3 is 10.1 Å². The van der Waals surface area contributed by atoms with Gasteiger partial charge in [-0.05, 0) is 25.0 Å². The molecule has 0 atom stereocenters. The molecule has 1 aromatic heterocycles. The molecule has 0 spiro atoms. The molecule has 0 saturated carbocycles. The number of halogens is 1. The number of anilines is 1. The molecular formula is C10H12ClN3O2. The smallest absolute Gasteiger partial charge is 0.228 e. The standard InChI is InChI=1S/C10H12ClN3O2/c11-8-1-2-9(14-13-8)12-10(15)7-3-5-16-6-4-7/h1-2,7H,3-6H2,(H,12,14,15). The topological polar surface area (TPSA) is 64.1 Å². The van der Waals surface area contributed by atoms with Gasteiger partial charge in [-0.1, -0.05) is 11.6 Å². The van der Waals surface area contributed by atoms with Crippen molar-refractivity contribution in [2.75, 3.05) is 18.5 Å². The van der Waals surface area contributed by atoms with Gasteiger partial charge in [0, 0.05) is 19.1 Å². The van der Waals surface area contributed by atoms with E-state index in [1.54, 1.807) is 12.1 Å². The van der Waals surface area contributed by atoms with Gasteiger partial charge in [0.1, 0.15) is 0 Å². The maximum absolute atomic E-state index is 11.8.